The van der Waals surface area contributed by atoms with Crippen LogP contribution >= 0.6 is 0 Å². The fourth-order valence-electron chi connectivity index (χ4n) is 1.44. The van der Waals surface area contributed by atoms with Crippen molar-refractivity contribution >= 4 is 11.5 Å². The Bertz CT molecular complexity index is 574. The number of carbonyl (C=O) groups excluding carboxylic acids is 1. The van der Waals surface area contributed by atoms with E-state index >= 15 is 0 Å². The van der Waals surface area contributed by atoms with Gasteiger partial charge in [0.2, 0.25) is 0 Å². The van der Waals surface area contributed by atoms with Crippen LogP contribution in [0.2, 0.25) is 0 Å². The highest BCUT2D eigenvalue weighted by molar-refractivity contribution is 5.89. The Labute approximate surface area is 75.9 Å². The van der Waals surface area contributed by atoms with Crippen molar-refractivity contribution in [3.8, 4) is 12.0 Å². The fraction of sp³-hybridized carbons (Fsp3) is 0. The summed E-state index contributed by atoms with van der Waals surface area (Å²) in [6.07, 6.45) is -0.155. The van der Waals surface area contributed by atoms with Gasteiger partial charge in [0.25, 0.3) is 0 Å². The molecule has 0 aliphatic carbocycles. The Morgan fingerprint density at radius 1 is 1.43 bits per heavy atom. The number of rotatable bonds is 0. The number of aromatic nitrogens is 1. The molecule has 0 radical (unpaired) electrons. The molecule has 5 nitrogen and oxygen atoms in total. The van der Waals surface area contributed by atoms with Gasteiger partial charge in [-0.2, -0.15) is 0 Å². The van der Waals surface area contributed by atoms with E-state index in [-0.39, 0.29) is 17.3 Å². The average Bonchev–Trinajstić information content (AvgIpc) is 2.57. The quantitative estimate of drug-likeness (QED) is 0.489. The lowest BCUT2D eigenvalue weighted by atomic mass is 10.3. The molecule has 0 bridgehead atoms. The van der Waals surface area contributed by atoms with Crippen LogP contribution in [0.5, 0.6) is 12.0 Å². The van der Waals surface area contributed by atoms with Gasteiger partial charge < -0.3 is 14.3 Å². The van der Waals surface area contributed by atoms with Gasteiger partial charge in [-0.1, -0.05) is 4.40 Å². The number of hydrogen-bond donors (Lipinski definition) is 1. The molecule has 2 aromatic rings. The number of oxazole rings is 1. The monoisotopic (exact) mass is 196 g/mol. The minimum Gasteiger partial charge on any atom is -0.476 e. The molecule has 1 N–H and O–H groups in total. The Balaban J connectivity index is 2.57. The molecule has 1 aliphatic heterocycles. The lowest BCUT2D eigenvalue weighted by molar-refractivity contribution is -0.516. The van der Waals surface area contributed by atoms with Gasteiger partial charge in [0, 0.05) is 0 Å². The molecule has 3 heterocycles. The van der Waals surface area contributed by atoms with Crippen molar-refractivity contribution in [3.05, 3.63) is 23.6 Å². The molecule has 0 saturated heterocycles. The lowest BCUT2D eigenvalue weighted by Gasteiger charge is -1.86. The third-order valence-corrected chi connectivity index (χ3v) is 2.01. The second kappa shape index (κ2) is 2.03. The number of ether oxygens (including phenoxy) is 1. The summed E-state index contributed by atoms with van der Waals surface area (Å²) in [5.41, 5.74) is 0.0694. The van der Waals surface area contributed by atoms with Gasteiger partial charge in [0.1, 0.15) is 5.82 Å². The van der Waals surface area contributed by atoms with Crippen molar-refractivity contribution in [1.82, 2.24) is 0 Å². The second-order valence-corrected chi connectivity index (χ2v) is 2.84. The zero-order chi connectivity index (χ0) is 9.87. The number of esters is 1. The van der Waals surface area contributed by atoms with Crippen LogP contribution in [-0.2, 0) is 0 Å². The number of aromatic hydroxyl groups is 1. The number of pyridine rings is 1. The predicted molar refractivity (Wildman–Crippen MR) is 38.4 cm³/mol. The van der Waals surface area contributed by atoms with Crippen molar-refractivity contribution in [2.24, 2.45) is 0 Å². The normalized spacial score (nSPS) is 13.6. The topological polar surface area (TPSA) is 63.8 Å². The van der Waals surface area contributed by atoms with E-state index in [4.69, 9.17) is 4.42 Å². The SMILES string of the molecule is O=C1Oc2oc(O)c3cc(F)cc1[n+]23. The minimum atomic E-state index is -0.701. The minimum absolute atomic E-state index is 0.000880. The molecular formula is C8H3FNO4+. The molecule has 0 amide bonds. The molecule has 1 aliphatic rings. The summed E-state index contributed by atoms with van der Waals surface area (Å²) < 4.78 is 23.5. The van der Waals surface area contributed by atoms with Crippen LogP contribution in [0, 0.1) is 5.82 Å². The standard InChI is InChI=1S/C8H2FNO4/c9-3-1-4-6(11)13-8-10(4)5(2-3)7(12)14-8/h1-2H/p+1. The molecule has 0 aromatic carbocycles. The van der Waals surface area contributed by atoms with Crippen LogP contribution in [0.25, 0.3) is 5.52 Å². The summed E-state index contributed by atoms with van der Waals surface area (Å²) in [6.45, 7) is 0. The van der Waals surface area contributed by atoms with E-state index in [0.717, 1.165) is 12.1 Å². The highest BCUT2D eigenvalue weighted by Gasteiger charge is 2.41. The van der Waals surface area contributed by atoms with E-state index in [1.54, 1.807) is 0 Å². The van der Waals surface area contributed by atoms with Crippen LogP contribution in [0.15, 0.2) is 16.5 Å². The summed E-state index contributed by atoms with van der Waals surface area (Å²) in [6, 6.07) is 2.06. The zero-order valence-corrected chi connectivity index (χ0v) is 6.65. The van der Waals surface area contributed by atoms with E-state index in [9.17, 15) is 14.3 Å². The lowest BCUT2D eigenvalue weighted by Crippen LogP contribution is -2.22. The first-order chi connectivity index (χ1) is 6.66. The van der Waals surface area contributed by atoms with Crippen LogP contribution in [0.4, 0.5) is 4.39 Å². The summed E-state index contributed by atoms with van der Waals surface area (Å²) >= 11 is 0. The van der Waals surface area contributed by atoms with E-state index in [1.807, 2.05) is 0 Å². The first-order valence-corrected chi connectivity index (χ1v) is 3.76. The Morgan fingerprint density at radius 3 is 3.00 bits per heavy atom. The fourth-order valence-corrected chi connectivity index (χ4v) is 1.44. The Morgan fingerprint density at radius 2 is 2.21 bits per heavy atom. The smallest absolute Gasteiger partial charge is 0.476 e. The maximum absolute atomic E-state index is 13.0. The molecule has 0 spiro atoms. The average molecular weight is 196 g/mol. The van der Waals surface area contributed by atoms with E-state index in [0.29, 0.717) is 0 Å². The molecule has 0 saturated carbocycles. The number of nitrogens with zero attached hydrogens (tertiary/aromatic N) is 1. The zero-order valence-electron chi connectivity index (χ0n) is 6.65. The first kappa shape index (κ1) is 7.31. The number of carbonyl (C=O) groups is 1. The third-order valence-electron chi connectivity index (χ3n) is 2.01. The second-order valence-electron chi connectivity index (χ2n) is 2.84. The first-order valence-electron chi connectivity index (χ1n) is 3.76. The number of hydrogen-bond acceptors (Lipinski definition) is 4. The highest BCUT2D eigenvalue weighted by Crippen LogP contribution is 2.27. The maximum atomic E-state index is 13.0. The Kier molecular flexibility index (Phi) is 1.06. The molecule has 3 rings (SSSR count). The molecule has 0 fully saturated rings. The van der Waals surface area contributed by atoms with Gasteiger partial charge in [0.05, 0.1) is 12.1 Å². The molecule has 0 unspecified atom stereocenters. The summed E-state index contributed by atoms with van der Waals surface area (Å²) in [5.74, 6) is -1.82. The molecule has 2 aromatic heterocycles. The van der Waals surface area contributed by atoms with Gasteiger partial charge >= 0.3 is 29.2 Å². The van der Waals surface area contributed by atoms with E-state index in [1.165, 1.54) is 4.40 Å². The van der Waals surface area contributed by atoms with Crippen molar-refractivity contribution in [1.29, 1.82) is 0 Å². The van der Waals surface area contributed by atoms with Gasteiger partial charge in [-0.25, -0.2) is 9.18 Å². The largest absolute Gasteiger partial charge is 0.578 e. The molecule has 14 heavy (non-hydrogen) atoms. The summed E-state index contributed by atoms with van der Waals surface area (Å²) in [7, 11) is 0. The Hall–Kier alpha value is -2.11. The molecule has 70 valence electrons. The van der Waals surface area contributed by atoms with E-state index in [2.05, 4.69) is 4.74 Å². The van der Waals surface area contributed by atoms with E-state index < -0.39 is 17.7 Å². The van der Waals surface area contributed by atoms with Crippen LogP contribution < -0.4 is 9.14 Å². The molecule has 0 atom stereocenters. The van der Waals surface area contributed by atoms with Crippen molar-refractivity contribution < 1.29 is 27.8 Å². The highest BCUT2D eigenvalue weighted by atomic mass is 19.1. The third kappa shape index (κ3) is 0.681. The molecular weight excluding hydrogens is 193 g/mol. The summed E-state index contributed by atoms with van der Waals surface area (Å²) in [4.78, 5) is 11.1. The van der Waals surface area contributed by atoms with Crippen molar-refractivity contribution in [3.63, 3.8) is 0 Å². The van der Waals surface area contributed by atoms with Crippen LogP contribution in [0.1, 0.15) is 10.5 Å². The maximum Gasteiger partial charge on any atom is 0.578 e. The van der Waals surface area contributed by atoms with Crippen LogP contribution in [-0.4, -0.2) is 11.1 Å². The van der Waals surface area contributed by atoms with Gasteiger partial charge in [0.15, 0.2) is 0 Å². The van der Waals surface area contributed by atoms with Crippen molar-refractivity contribution in [2.75, 3.05) is 0 Å². The van der Waals surface area contributed by atoms with Gasteiger partial charge in [-0.05, 0) is 0 Å². The van der Waals surface area contributed by atoms with Gasteiger partial charge in [-0.15, -0.1) is 0 Å². The number of halogens is 1. The van der Waals surface area contributed by atoms with Gasteiger partial charge in [-0.3, -0.25) is 0 Å². The molecule has 6 heteroatoms. The van der Waals surface area contributed by atoms with Crippen LogP contribution in [0.3, 0.4) is 0 Å². The summed E-state index contributed by atoms with van der Waals surface area (Å²) in [5, 5.41) is 9.22. The van der Waals surface area contributed by atoms with Crippen molar-refractivity contribution in [2.45, 2.75) is 0 Å². The predicted octanol–water partition coefficient (Wildman–Crippen LogP) is 0.396.